The molecule has 0 aromatic carbocycles. The van der Waals surface area contributed by atoms with E-state index in [1.165, 1.54) is 32.5 Å². The zero-order chi connectivity index (χ0) is 12.0. The van der Waals surface area contributed by atoms with Gasteiger partial charge in [-0.3, -0.25) is 0 Å². The predicted molar refractivity (Wildman–Crippen MR) is 73.7 cm³/mol. The van der Waals surface area contributed by atoms with Gasteiger partial charge in [-0.2, -0.15) is 0 Å². The van der Waals surface area contributed by atoms with Gasteiger partial charge >= 0.3 is 0 Å². The van der Waals surface area contributed by atoms with Crippen LogP contribution in [0.15, 0.2) is 0 Å². The van der Waals surface area contributed by atoms with Crippen molar-refractivity contribution in [1.29, 1.82) is 0 Å². The molecule has 0 spiro atoms. The largest absolute Gasteiger partial charge is 0.393 e. The summed E-state index contributed by atoms with van der Waals surface area (Å²) in [5, 5.41) is 0. The number of nitrogens with two attached hydrogens (primary N) is 1. The minimum atomic E-state index is 0.646. The van der Waals surface area contributed by atoms with Crippen LogP contribution in [0, 0.1) is 5.92 Å². The highest BCUT2D eigenvalue weighted by Crippen LogP contribution is 2.16. The van der Waals surface area contributed by atoms with Gasteiger partial charge in [-0.15, -0.1) is 0 Å². The first-order valence-electron chi connectivity index (χ1n) is 6.23. The Morgan fingerprint density at radius 3 is 2.62 bits per heavy atom. The molecule has 0 aromatic heterocycles. The van der Waals surface area contributed by atoms with Crippen LogP contribution in [0.4, 0.5) is 0 Å². The van der Waals surface area contributed by atoms with E-state index in [0.717, 1.165) is 25.3 Å². The van der Waals surface area contributed by atoms with Gasteiger partial charge in [0.1, 0.15) is 0 Å². The lowest BCUT2D eigenvalue weighted by Crippen LogP contribution is -2.36. The molecule has 94 valence electrons. The molecule has 0 bridgehead atoms. The Morgan fingerprint density at radius 1 is 1.44 bits per heavy atom. The zero-order valence-electron chi connectivity index (χ0n) is 10.6. The Hall–Kier alpha value is -0.190. The Bertz CT molecular complexity index is 212. The number of nitrogens with zero attached hydrogens (tertiary/aromatic N) is 2. The van der Waals surface area contributed by atoms with E-state index >= 15 is 0 Å². The summed E-state index contributed by atoms with van der Waals surface area (Å²) in [6.45, 7) is 4.85. The van der Waals surface area contributed by atoms with E-state index < -0.39 is 0 Å². The fraction of sp³-hybridized carbons (Fsp3) is 0.917. The first-order valence-corrected chi connectivity index (χ1v) is 6.64. The summed E-state index contributed by atoms with van der Waals surface area (Å²) in [7, 11) is 4.42. The van der Waals surface area contributed by atoms with Gasteiger partial charge in [0.05, 0.1) is 4.99 Å². The molecule has 0 saturated carbocycles. The van der Waals surface area contributed by atoms with Gasteiger partial charge in [0, 0.05) is 6.54 Å². The molecular weight excluding hydrogens is 218 g/mol. The Labute approximate surface area is 105 Å². The predicted octanol–water partition coefficient (Wildman–Crippen LogP) is 1.33. The van der Waals surface area contributed by atoms with Gasteiger partial charge in [-0.25, -0.2) is 0 Å². The molecule has 4 heteroatoms. The second-order valence-electron chi connectivity index (χ2n) is 5.08. The maximum atomic E-state index is 5.49. The normalized spacial score (nSPS) is 19.2. The third kappa shape index (κ3) is 5.77. The summed E-state index contributed by atoms with van der Waals surface area (Å²) in [4.78, 5) is 5.49. The lowest BCUT2D eigenvalue weighted by molar-refractivity contribution is 0.176. The van der Waals surface area contributed by atoms with E-state index in [1.807, 2.05) is 0 Å². The number of hydrogen-bond acceptors (Lipinski definition) is 3. The number of thiocarbonyl (C=S) groups is 1. The fourth-order valence-corrected chi connectivity index (χ4v) is 2.44. The highest BCUT2D eigenvalue weighted by atomic mass is 32.1. The molecule has 1 rings (SSSR count). The van der Waals surface area contributed by atoms with Crippen LogP contribution in [0.25, 0.3) is 0 Å². The van der Waals surface area contributed by atoms with Crippen LogP contribution in [0.3, 0.4) is 0 Å². The second kappa shape index (κ2) is 7.20. The molecule has 1 heterocycles. The monoisotopic (exact) mass is 243 g/mol. The van der Waals surface area contributed by atoms with Crippen molar-refractivity contribution >= 4 is 17.2 Å². The molecular formula is C12H25N3S. The molecule has 0 aromatic rings. The minimum absolute atomic E-state index is 0.646. The lowest BCUT2D eigenvalue weighted by atomic mass is 9.96. The number of rotatable bonds is 6. The molecule has 1 aliphatic rings. The van der Waals surface area contributed by atoms with Crippen molar-refractivity contribution in [3.8, 4) is 0 Å². The van der Waals surface area contributed by atoms with Crippen LogP contribution in [0.5, 0.6) is 0 Å². The maximum Gasteiger partial charge on any atom is 0.0727 e. The van der Waals surface area contributed by atoms with Gasteiger partial charge in [0.2, 0.25) is 0 Å². The van der Waals surface area contributed by atoms with E-state index in [9.17, 15) is 0 Å². The summed E-state index contributed by atoms with van der Waals surface area (Å²) in [6, 6.07) is 0. The van der Waals surface area contributed by atoms with Gasteiger partial charge in [0.15, 0.2) is 0 Å². The van der Waals surface area contributed by atoms with E-state index in [2.05, 4.69) is 23.9 Å². The lowest BCUT2D eigenvalue weighted by Gasteiger charge is -2.31. The van der Waals surface area contributed by atoms with Crippen LogP contribution in [-0.4, -0.2) is 55.1 Å². The Balaban J connectivity index is 2.09. The third-order valence-electron chi connectivity index (χ3n) is 3.37. The smallest absolute Gasteiger partial charge is 0.0727 e. The first-order chi connectivity index (χ1) is 7.58. The van der Waals surface area contributed by atoms with Crippen molar-refractivity contribution in [2.75, 3.05) is 40.3 Å². The van der Waals surface area contributed by atoms with Crippen LogP contribution in [-0.2, 0) is 0 Å². The number of hydrogen-bond donors (Lipinski definition) is 1. The molecule has 0 radical (unpaired) electrons. The van der Waals surface area contributed by atoms with E-state index in [1.54, 1.807) is 0 Å². The van der Waals surface area contributed by atoms with Crippen LogP contribution < -0.4 is 5.73 Å². The van der Waals surface area contributed by atoms with E-state index in [4.69, 9.17) is 18.0 Å². The Kier molecular flexibility index (Phi) is 6.24. The molecule has 1 fully saturated rings. The van der Waals surface area contributed by atoms with Crippen molar-refractivity contribution in [1.82, 2.24) is 9.80 Å². The van der Waals surface area contributed by atoms with Crippen molar-refractivity contribution in [2.24, 2.45) is 11.7 Å². The van der Waals surface area contributed by atoms with Gasteiger partial charge in [-0.05, 0) is 65.3 Å². The summed E-state index contributed by atoms with van der Waals surface area (Å²) in [6.07, 6.45) is 4.66. The molecule has 16 heavy (non-hydrogen) atoms. The zero-order valence-corrected chi connectivity index (χ0v) is 11.4. The molecule has 0 amide bonds. The Morgan fingerprint density at radius 2 is 2.06 bits per heavy atom. The van der Waals surface area contributed by atoms with Gasteiger partial charge in [-0.1, -0.05) is 12.2 Å². The standard InChI is InChI=1S/C12H25N3S/c1-14-8-5-11(6-9-14)10-15(2)7-3-4-12(13)16/h11H,3-10H2,1-2H3,(H2,13,16). The van der Waals surface area contributed by atoms with Crippen molar-refractivity contribution in [3.05, 3.63) is 0 Å². The van der Waals surface area contributed by atoms with Gasteiger partial charge < -0.3 is 15.5 Å². The van der Waals surface area contributed by atoms with Crippen LogP contribution in [0.2, 0.25) is 0 Å². The van der Waals surface area contributed by atoms with Crippen LogP contribution in [0.1, 0.15) is 25.7 Å². The molecule has 0 unspecified atom stereocenters. The molecule has 1 aliphatic heterocycles. The van der Waals surface area contributed by atoms with Crippen molar-refractivity contribution < 1.29 is 0 Å². The maximum absolute atomic E-state index is 5.49. The van der Waals surface area contributed by atoms with E-state index in [0.29, 0.717) is 4.99 Å². The summed E-state index contributed by atoms with van der Waals surface area (Å²) in [5.41, 5.74) is 5.49. The van der Waals surface area contributed by atoms with Gasteiger partial charge in [0.25, 0.3) is 0 Å². The molecule has 1 saturated heterocycles. The summed E-state index contributed by atoms with van der Waals surface area (Å²) >= 11 is 4.88. The molecule has 0 aliphatic carbocycles. The van der Waals surface area contributed by atoms with Crippen molar-refractivity contribution in [2.45, 2.75) is 25.7 Å². The third-order valence-corrected chi connectivity index (χ3v) is 3.58. The average molecular weight is 243 g/mol. The topological polar surface area (TPSA) is 32.5 Å². The van der Waals surface area contributed by atoms with Crippen molar-refractivity contribution in [3.63, 3.8) is 0 Å². The SMILES string of the molecule is CN1CCC(CN(C)CCCC(N)=S)CC1. The van der Waals surface area contributed by atoms with Crippen LogP contribution >= 0.6 is 12.2 Å². The number of piperidine rings is 1. The number of likely N-dealkylation sites (tertiary alicyclic amines) is 1. The second-order valence-corrected chi connectivity index (χ2v) is 5.60. The first kappa shape index (κ1) is 13.9. The van der Waals surface area contributed by atoms with E-state index in [-0.39, 0.29) is 0 Å². The highest BCUT2D eigenvalue weighted by Gasteiger charge is 2.17. The quantitative estimate of drug-likeness (QED) is 0.713. The summed E-state index contributed by atoms with van der Waals surface area (Å²) < 4.78 is 0. The fourth-order valence-electron chi connectivity index (χ4n) is 2.30. The molecule has 0 atom stereocenters. The minimum Gasteiger partial charge on any atom is -0.393 e. The molecule has 3 nitrogen and oxygen atoms in total. The summed E-state index contributed by atoms with van der Waals surface area (Å²) in [5.74, 6) is 0.881. The molecule has 2 N–H and O–H groups in total. The highest BCUT2D eigenvalue weighted by molar-refractivity contribution is 7.80. The average Bonchev–Trinajstić information content (AvgIpc) is 2.21.